The number of hydrogen-bond acceptors (Lipinski definition) is 4. The molecule has 1 aromatic heterocycles. The van der Waals surface area contributed by atoms with E-state index in [1.165, 1.54) is 12.8 Å². The van der Waals surface area contributed by atoms with Crippen LogP contribution < -0.4 is 10.9 Å². The lowest BCUT2D eigenvalue weighted by Gasteiger charge is -2.25. The lowest BCUT2D eigenvalue weighted by Crippen LogP contribution is -2.38. The zero-order valence-corrected chi connectivity index (χ0v) is 15.5. The largest absolute Gasteiger partial charge is 0.391 e. The number of piperidine rings is 1. The van der Waals surface area contributed by atoms with Gasteiger partial charge in [-0.25, -0.2) is 4.98 Å². The van der Waals surface area contributed by atoms with Crippen molar-refractivity contribution in [2.24, 2.45) is 0 Å². The van der Waals surface area contributed by atoms with Gasteiger partial charge in [0, 0.05) is 6.04 Å². The summed E-state index contributed by atoms with van der Waals surface area (Å²) >= 11 is 0. The number of aromatic nitrogens is 2. The van der Waals surface area contributed by atoms with Gasteiger partial charge in [0.1, 0.15) is 0 Å². The van der Waals surface area contributed by atoms with Crippen molar-refractivity contribution in [3.8, 4) is 0 Å². The van der Waals surface area contributed by atoms with Crippen LogP contribution in [0.2, 0.25) is 0 Å². The molecule has 1 aliphatic rings. The second-order valence-corrected chi connectivity index (χ2v) is 7.63. The zero-order valence-electron chi connectivity index (χ0n) is 15.5. The SMILES string of the molecule is Cc1cc(C(C)C)cc2c(=O)n(CC(O)CC3CCCCN3)cnc12. The van der Waals surface area contributed by atoms with Gasteiger partial charge in [-0.05, 0) is 55.8 Å². The molecule has 5 heteroatoms. The van der Waals surface area contributed by atoms with Crippen LogP contribution in [0.5, 0.6) is 0 Å². The highest BCUT2D eigenvalue weighted by Gasteiger charge is 2.18. The van der Waals surface area contributed by atoms with E-state index in [4.69, 9.17) is 0 Å². The van der Waals surface area contributed by atoms with Crippen molar-refractivity contribution in [1.82, 2.24) is 14.9 Å². The first-order valence-electron chi connectivity index (χ1n) is 9.37. The van der Waals surface area contributed by atoms with Crippen molar-refractivity contribution in [2.75, 3.05) is 6.54 Å². The third-order valence-electron chi connectivity index (χ3n) is 5.18. The Labute approximate surface area is 149 Å². The molecule has 2 unspecified atom stereocenters. The fourth-order valence-corrected chi connectivity index (χ4v) is 3.70. The molecule has 1 aliphatic heterocycles. The van der Waals surface area contributed by atoms with E-state index in [1.54, 1.807) is 10.9 Å². The molecule has 5 nitrogen and oxygen atoms in total. The first kappa shape index (κ1) is 18.1. The van der Waals surface area contributed by atoms with Crippen LogP contribution in [0.15, 0.2) is 23.3 Å². The maximum Gasteiger partial charge on any atom is 0.261 e. The normalized spacial score (nSPS) is 19.5. The molecule has 25 heavy (non-hydrogen) atoms. The topological polar surface area (TPSA) is 67.2 Å². The van der Waals surface area contributed by atoms with Crippen LogP contribution in [0.1, 0.15) is 56.6 Å². The van der Waals surface area contributed by atoms with Crippen molar-refractivity contribution < 1.29 is 5.11 Å². The van der Waals surface area contributed by atoms with E-state index >= 15 is 0 Å². The van der Waals surface area contributed by atoms with Crippen LogP contribution in [0.3, 0.4) is 0 Å². The maximum absolute atomic E-state index is 12.9. The number of aliphatic hydroxyl groups is 1. The van der Waals surface area contributed by atoms with Crippen molar-refractivity contribution >= 4 is 10.9 Å². The van der Waals surface area contributed by atoms with E-state index in [-0.39, 0.29) is 5.56 Å². The molecular formula is C20H29N3O2. The number of rotatable bonds is 5. The quantitative estimate of drug-likeness (QED) is 0.876. The average Bonchev–Trinajstić information content (AvgIpc) is 2.58. The molecule has 2 atom stereocenters. The van der Waals surface area contributed by atoms with Gasteiger partial charge in [0.25, 0.3) is 5.56 Å². The molecule has 136 valence electrons. The van der Waals surface area contributed by atoms with Crippen LogP contribution in [-0.4, -0.2) is 33.3 Å². The van der Waals surface area contributed by atoms with Crippen LogP contribution in [0.25, 0.3) is 10.9 Å². The van der Waals surface area contributed by atoms with Gasteiger partial charge in [-0.1, -0.05) is 26.3 Å². The van der Waals surface area contributed by atoms with E-state index < -0.39 is 6.10 Å². The third-order valence-corrected chi connectivity index (χ3v) is 5.18. The molecule has 0 bridgehead atoms. The maximum atomic E-state index is 12.9. The fraction of sp³-hybridized carbons (Fsp3) is 0.600. The fourth-order valence-electron chi connectivity index (χ4n) is 3.70. The van der Waals surface area contributed by atoms with E-state index in [9.17, 15) is 9.90 Å². The number of benzene rings is 1. The van der Waals surface area contributed by atoms with E-state index in [0.29, 0.717) is 30.3 Å². The molecule has 1 saturated heterocycles. The average molecular weight is 343 g/mol. The van der Waals surface area contributed by atoms with Crippen molar-refractivity contribution in [1.29, 1.82) is 0 Å². The molecule has 0 saturated carbocycles. The van der Waals surface area contributed by atoms with Crippen LogP contribution in [0, 0.1) is 6.92 Å². The van der Waals surface area contributed by atoms with Gasteiger partial charge in [0.2, 0.25) is 0 Å². The molecule has 2 N–H and O–H groups in total. The molecule has 1 aromatic carbocycles. The number of fused-ring (bicyclic) bond motifs is 1. The van der Waals surface area contributed by atoms with Gasteiger partial charge in [0.15, 0.2) is 0 Å². The molecule has 0 amide bonds. The van der Waals surface area contributed by atoms with E-state index in [2.05, 4.69) is 30.2 Å². The van der Waals surface area contributed by atoms with Crippen LogP contribution in [0.4, 0.5) is 0 Å². The zero-order chi connectivity index (χ0) is 18.0. The predicted octanol–water partition coefficient (Wildman–Crippen LogP) is 2.72. The minimum Gasteiger partial charge on any atom is -0.391 e. The summed E-state index contributed by atoms with van der Waals surface area (Å²) in [6.45, 7) is 7.55. The Morgan fingerprint density at radius 1 is 1.36 bits per heavy atom. The Kier molecular flexibility index (Phi) is 5.54. The van der Waals surface area contributed by atoms with Gasteiger partial charge in [-0.15, -0.1) is 0 Å². The summed E-state index contributed by atoms with van der Waals surface area (Å²) in [5.74, 6) is 0.360. The summed E-state index contributed by atoms with van der Waals surface area (Å²) in [6, 6.07) is 4.41. The molecule has 1 fully saturated rings. The minimum atomic E-state index is -0.540. The Morgan fingerprint density at radius 3 is 2.84 bits per heavy atom. The number of nitrogens with zero attached hydrogens (tertiary/aromatic N) is 2. The lowest BCUT2D eigenvalue weighted by atomic mass is 9.98. The molecule has 0 aliphatic carbocycles. The second kappa shape index (κ2) is 7.67. The van der Waals surface area contributed by atoms with Crippen LogP contribution >= 0.6 is 0 Å². The summed E-state index contributed by atoms with van der Waals surface area (Å²) in [7, 11) is 0. The highest BCUT2D eigenvalue weighted by Crippen LogP contribution is 2.21. The van der Waals surface area contributed by atoms with Gasteiger partial charge in [0.05, 0.1) is 29.9 Å². The standard InChI is InChI=1S/C20H29N3O2/c1-13(2)15-8-14(3)19-18(9-15)20(25)23(12-22-19)11-17(24)10-16-6-4-5-7-21-16/h8-9,12-13,16-17,21,24H,4-7,10-11H2,1-3H3. The van der Waals surface area contributed by atoms with Gasteiger partial charge in [-0.2, -0.15) is 0 Å². The summed E-state index contributed by atoms with van der Waals surface area (Å²) in [6.07, 6.45) is 5.22. The monoisotopic (exact) mass is 343 g/mol. The van der Waals surface area contributed by atoms with Crippen molar-refractivity contribution in [3.05, 3.63) is 39.9 Å². The highest BCUT2D eigenvalue weighted by atomic mass is 16.3. The van der Waals surface area contributed by atoms with Crippen LogP contribution in [-0.2, 0) is 6.54 Å². The van der Waals surface area contributed by atoms with Crippen molar-refractivity contribution in [3.63, 3.8) is 0 Å². The Balaban J connectivity index is 1.84. The molecule has 3 rings (SSSR count). The summed E-state index contributed by atoms with van der Waals surface area (Å²) in [4.78, 5) is 17.4. The van der Waals surface area contributed by atoms with E-state index in [0.717, 1.165) is 29.6 Å². The summed E-state index contributed by atoms with van der Waals surface area (Å²) in [5, 5.41) is 14.5. The lowest BCUT2D eigenvalue weighted by molar-refractivity contribution is 0.123. The minimum absolute atomic E-state index is 0.0637. The molecule has 2 heterocycles. The first-order chi connectivity index (χ1) is 12.0. The summed E-state index contributed by atoms with van der Waals surface area (Å²) in [5.41, 5.74) is 2.87. The summed E-state index contributed by atoms with van der Waals surface area (Å²) < 4.78 is 1.55. The molecular weight excluding hydrogens is 314 g/mol. The smallest absolute Gasteiger partial charge is 0.261 e. The van der Waals surface area contributed by atoms with Gasteiger partial charge >= 0.3 is 0 Å². The number of aryl methyl sites for hydroxylation is 1. The number of hydrogen-bond donors (Lipinski definition) is 2. The first-order valence-corrected chi connectivity index (χ1v) is 9.37. The predicted molar refractivity (Wildman–Crippen MR) is 101 cm³/mol. The van der Waals surface area contributed by atoms with Gasteiger partial charge in [-0.3, -0.25) is 9.36 Å². The Morgan fingerprint density at radius 2 is 2.16 bits per heavy atom. The number of aliphatic hydroxyl groups excluding tert-OH is 1. The Hall–Kier alpha value is -1.72. The Bertz CT molecular complexity index is 791. The van der Waals surface area contributed by atoms with E-state index in [1.807, 2.05) is 13.0 Å². The van der Waals surface area contributed by atoms with Gasteiger partial charge < -0.3 is 10.4 Å². The molecule has 2 aromatic rings. The van der Waals surface area contributed by atoms with Crippen molar-refractivity contribution in [2.45, 2.75) is 71.1 Å². The molecule has 0 spiro atoms. The third kappa shape index (κ3) is 4.10. The second-order valence-electron chi connectivity index (χ2n) is 7.63. The number of nitrogens with one attached hydrogen (secondary N) is 1. The molecule has 0 radical (unpaired) electrons. The highest BCUT2D eigenvalue weighted by molar-refractivity contribution is 5.81.